The van der Waals surface area contributed by atoms with Gasteiger partial charge >= 0.3 is 0 Å². The largest absolute Gasteiger partial charge is 0.324 e. The maximum absolute atomic E-state index is 5.98. The summed E-state index contributed by atoms with van der Waals surface area (Å²) in [5, 5.41) is 4.50. The van der Waals surface area contributed by atoms with Crippen LogP contribution in [0.5, 0.6) is 0 Å². The molecule has 0 fully saturated rings. The molecule has 96 valence electrons. The number of aromatic nitrogens is 4. The van der Waals surface area contributed by atoms with Crippen molar-refractivity contribution in [1.29, 1.82) is 0 Å². The molecule has 0 unspecified atom stereocenters. The Balaban J connectivity index is 2.57. The second kappa shape index (κ2) is 5.27. The summed E-state index contributed by atoms with van der Waals surface area (Å²) in [5.74, 6) is 2.55. The van der Waals surface area contributed by atoms with Crippen molar-refractivity contribution in [2.75, 3.05) is 0 Å². The molecule has 2 aromatic heterocycles. The van der Waals surface area contributed by atoms with Gasteiger partial charge in [0.05, 0.1) is 0 Å². The van der Waals surface area contributed by atoms with E-state index in [1.807, 2.05) is 30.7 Å². The van der Waals surface area contributed by atoms with E-state index < -0.39 is 0 Å². The number of nitrogens with zero attached hydrogens (tertiary/aromatic N) is 4. The molecule has 18 heavy (non-hydrogen) atoms. The monoisotopic (exact) mass is 245 g/mol. The first kappa shape index (κ1) is 12.7. The van der Waals surface area contributed by atoms with Crippen molar-refractivity contribution in [3.8, 4) is 5.82 Å². The molecule has 0 saturated heterocycles. The summed E-state index contributed by atoms with van der Waals surface area (Å²) < 4.78 is 1.82. The number of hydrogen-bond donors (Lipinski definition) is 1. The number of rotatable bonds is 4. The summed E-state index contributed by atoms with van der Waals surface area (Å²) >= 11 is 0. The lowest BCUT2D eigenvalue weighted by atomic mass is 10.1. The topological polar surface area (TPSA) is 69.6 Å². The molecular weight excluding hydrogens is 226 g/mol. The first-order valence-electron chi connectivity index (χ1n) is 6.33. The van der Waals surface area contributed by atoms with Gasteiger partial charge in [-0.05, 0) is 13.0 Å². The first-order chi connectivity index (χ1) is 8.67. The van der Waals surface area contributed by atoms with E-state index in [1.165, 1.54) is 0 Å². The Kier molecular flexibility index (Phi) is 3.72. The Labute approximate surface area is 107 Å². The molecule has 1 atom stereocenters. The zero-order valence-corrected chi connectivity index (χ0v) is 11.1. The lowest BCUT2D eigenvalue weighted by Crippen LogP contribution is -2.13. The lowest BCUT2D eigenvalue weighted by Gasteiger charge is -2.12. The van der Waals surface area contributed by atoms with Gasteiger partial charge < -0.3 is 5.73 Å². The van der Waals surface area contributed by atoms with Crippen LogP contribution < -0.4 is 5.73 Å². The van der Waals surface area contributed by atoms with Crippen LogP contribution in [-0.2, 0) is 12.8 Å². The molecular formula is C13H19N5. The minimum Gasteiger partial charge on any atom is -0.324 e. The second-order valence-electron chi connectivity index (χ2n) is 4.27. The summed E-state index contributed by atoms with van der Waals surface area (Å²) in [4.78, 5) is 8.90. The third-order valence-electron chi connectivity index (χ3n) is 2.86. The highest BCUT2D eigenvalue weighted by atomic mass is 15.4. The number of hydrogen-bond acceptors (Lipinski definition) is 4. The van der Waals surface area contributed by atoms with Gasteiger partial charge in [-0.25, -0.2) is 9.97 Å². The van der Waals surface area contributed by atoms with Gasteiger partial charge in [0, 0.05) is 30.6 Å². The fourth-order valence-electron chi connectivity index (χ4n) is 1.88. The van der Waals surface area contributed by atoms with Gasteiger partial charge in [0.2, 0.25) is 0 Å². The molecule has 0 aromatic carbocycles. The summed E-state index contributed by atoms with van der Waals surface area (Å²) in [6.45, 7) is 6.06. The first-order valence-corrected chi connectivity index (χ1v) is 6.33. The van der Waals surface area contributed by atoms with Gasteiger partial charge in [-0.15, -0.1) is 5.10 Å². The molecule has 2 aromatic rings. The van der Waals surface area contributed by atoms with Crippen LogP contribution in [0.4, 0.5) is 0 Å². The molecule has 0 spiro atoms. The predicted octanol–water partition coefficient (Wildman–Crippen LogP) is 1.81. The molecule has 0 aliphatic carbocycles. The smallest absolute Gasteiger partial charge is 0.160 e. The van der Waals surface area contributed by atoms with Gasteiger partial charge in [0.1, 0.15) is 5.82 Å². The van der Waals surface area contributed by atoms with Gasteiger partial charge in [0.25, 0.3) is 0 Å². The van der Waals surface area contributed by atoms with Crippen molar-refractivity contribution >= 4 is 0 Å². The van der Waals surface area contributed by atoms with Crippen molar-refractivity contribution in [2.45, 2.75) is 39.7 Å². The van der Waals surface area contributed by atoms with Crippen molar-refractivity contribution in [2.24, 2.45) is 5.73 Å². The molecule has 5 heteroatoms. The van der Waals surface area contributed by atoms with Crippen LogP contribution in [0.2, 0.25) is 0 Å². The van der Waals surface area contributed by atoms with Crippen LogP contribution in [0.1, 0.15) is 44.0 Å². The van der Waals surface area contributed by atoms with Crippen LogP contribution in [0.3, 0.4) is 0 Å². The molecule has 2 rings (SSSR count). The second-order valence-corrected chi connectivity index (χ2v) is 4.27. The van der Waals surface area contributed by atoms with Gasteiger partial charge in [-0.1, -0.05) is 19.9 Å². The fourth-order valence-corrected chi connectivity index (χ4v) is 1.88. The predicted molar refractivity (Wildman–Crippen MR) is 70.5 cm³/mol. The van der Waals surface area contributed by atoms with E-state index in [4.69, 9.17) is 5.73 Å². The van der Waals surface area contributed by atoms with Gasteiger partial charge in [-0.3, -0.25) is 0 Å². The molecule has 0 saturated carbocycles. The lowest BCUT2D eigenvalue weighted by molar-refractivity contribution is 0.727. The normalized spacial score (nSPS) is 12.7. The zero-order chi connectivity index (χ0) is 13.1. The van der Waals surface area contributed by atoms with E-state index in [0.717, 1.165) is 35.9 Å². The Morgan fingerprint density at radius 2 is 2.11 bits per heavy atom. The average Bonchev–Trinajstić information content (AvgIpc) is 2.81. The van der Waals surface area contributed by atoms with Crippen LogP contribution in [-0.4, -0.2) is 19.7 Å². The highest BCUT2D eigenvalue weighted by molar-refractivity contribution is 5.35. The van der Waals surface area contributed by atoms with E-state index in [9.17, 15) is 0 Å². The molecule has 0 amide bonds. The van der Waals surface area contributed by atoms with E-state index in [2.05, 4.69) is 22.0 Å². The van der Waals surface area contributed by atoms with Crippen molar-refractivity contribution in [1.82, 2.24) is 19.7 Å². The maximum atomic E-state index is 5.98. The summed E-state index contributed by atoms with van der Waals surface area (Å²) in [7, 11) is 0. The fraction of sp³-hybridized carbons (Fsp3) is 0.462. The molecule has 5 nitrogen and oxygen atoms in total. The highest BCUT2D eigenvalue weighted by Gasteiger charge is 2.15. The standard InChI is InChI=1S/C13H19N5/c1-4-11-16-12(5-2)18(17-11)13-10(9(3)14)7-6-8-15-13/h6-9H,4-5,14H2,1-3H3/t9-/m1/s1. The minimum absolute atomic E-state index is 0.0762. The quantitative estimate of drug-likeness (QED) is 0.891. The maximum Gasteiger partial charge on any atom is 0.160 e. The van der Waals surface area contributed by atoms with Crippen LogP contribution in [0, 0.1) is 0 Å². The number of pyridine rings is 1. The third-order valence-corrected chi connectivity index (χ3v) is 2.86. The van der Waals surface area contributed by atoms with Crippen LogP contribution >= 0.6 is 0 Å². The molecule has 0 bridgehead atoms. The van der Waals surface area contributed by atoms with E-state index in [-0.39, 0.29) is 6.04 Å². The van der Waals surface area contributed by atoms with Crippen molar-refractivity contribution in [3.05, 3.63) is 35.5 Å². The Morgan fingerprint density at radius 3 is 2.72 bits per heavy atom. The SMILES string of the molecule is CCc1nc(CC)n(-c2ncccc2[C@@H](C)N)n1. The van der Waals surface area contributed by atoms with Gasteiger partial charge in [0.15, 0.2) is 11.6 Å². The van der Waals surface area contributed by atoms with Crippen LogP contribution in [0.15, 0.2) is 18.3 Å². The summed E-state index contributed by atoms with van der Waals surface area (Å²) in [6, 6.07) is 3.80. The zero-order valence-electron chi connectivity index (χ0n) is 11.1. The summed E-state index contributed by atoms with van der Waals surface area (Å²) in [5.41, 5.74) is 6.97. The number of aryl methyl sites for hydroxylation is 2. The van der Waals surface area contributed by atoms with E-state index in [1.54, 1.807) is 6.20 Å². The highest BCUT2D eigenvalue weighted by Crippen LogP contribution is 2.18. The number of nitrogens with two attached hydrogens (primary N) is 1. The van der Waals surface area contributed by atoms with Crippen molar-refractivity contribution < 1.29 is 0 Å². The molecule has 0 radical (unpaired) electrons. The molecule has 0 aliphatic rings. The molecule has 0 aliphatic heterocycles. The molecule has 2 heterocycles. The average molecular weight is 245 g/mol. The van der Waals surface area contributed by atoms with E-state index >= 15 is 0 Å². The third kappa shape index (κ3) is 2.26. The summed E-state index contributed by atoms with van der Waals surface area (Å²) in [6.07, 6.45) is 3.40. The minimum atomic E-state index is -0.0762. The Morgan fingerprint density at radius 1 is 1.33 bits per heavy atom. The van der Waals surface area contributed by atoms with Crippen LogP contribution in [0.25, 0.3) is 5.82 Å². The van der Waals surface area contributed by atoms with Gasteiger partial charge in [-0.2, -0.15) is 4.68 Å². The Bertz CT molecular complexity index is 530. The Hall–Kier alpha value is -1.75. The van der Waals surface area contributed by atoms with Crippen molar-refractivity contribution in [3.63, 3.8) is 0 Å². The van der Waals surface area contributed by atoms with E-state index in [0.29, 0.717) is 0 Å². The molecule has 2 N–H and O–H groups in total.